The van der Waals surface area contributed by atoms with Gasteiger partial charge in [0.2, 0.25) is 5.88 Å². The van der Waals surface area contributed by atoms with Crippen LogP contribution in [0.1, 0.15) is 50.4 Å². The number of hydrogen-bond donors (Lipinski definition) is 2. The van der Waals surface area contributed by atoms with E-state index in [0.29, 0.717) is 31.4 Å². The summed E-state index contributed by atoms with van der Waals surface area (Å²) in [6.45, 7) is 5.97. The van der Waals surface area contributed by atoms with E-state index in [2.05, 4.69) is 10.3 Å². The maximum atomic E-state index is 11.7. The first-order valence-electron chi connectivity index (χ1n) is 6.93. The van der Waals surface area contributed by atoms with Gasteiger partial charge in [0.25, 0.3) is 5.91 Å². The maximum Gasteiger partial charge on any atom is 0.306 e. The van der Waals surface area contributed by atoms with Gasteiger partial charge in [0.15, 0.2) is 0 Å². The number of aromatic hydroxyl groups is 1. The SMILES string of the molecule is CC(C)(C)OC(=O)CCCCNC(=O)c1ccc(O)nc1. The molecular formula is C15H22N2O4. The Labute approximate surface area is 124 Å². The second-order valence-electron chi connectivity index (χ2n) is 5.70. The second kappa shape index (κ2) is 7.61. The van der Waals surface area contributed by atoms with E-state index >= 15 is 0 Å². The van der Waals surface area contributed by atoms with E-state index in [9.17, 15) is 9.59 Å². The summed E-state index contributed by atoms with van der Waals surface area (Å²) in [6, 6.07) is 2.86. The Hall–Kier alpha value is -2.11. The summed E-state index contributed by atoms with van der Waals surface area (Å²) in [5, 5.41) is 11.8. The van der Waals surface area contributed by atoms with E-state index in [-0.39, 0.29) is 17.8 Å². The van der Waals surface area contributed by atoms with Crippen LogP contribution in [0.2, 0.25) is 0 Å². The Morgan fingerprint density at radius 3 is 2.57 bits per heavy atom. The van der Waals surface area contributed by atoms with Crippen LogP contribution in [0.4, 0.5) is 0 Å². The van der Waals surface area contributed by atoms with Gasteiger partial charge in [-0.15, -0.1) is 0 Å². The number of nitrogens with one attached hydrogen (secondary N) is 1. The number of carbonyl (C=O) groups excluding carboxylic acids is 2. The number of nitrogens with zero attached hydrogens (tertiary/aromatic N) is 1. The monoisotopic (exact) mass is 294 g/mol. The lowest BCUT2D eigenvalue weighted by molar-refractivity contribution is -0.154. The van der Waals surface area contributed by atoms with Crippen LogP contribution in [0.3, 0.4) is 0 Å². The van der Waals surface area contributed by atoms with Gasteiger partial charge in [-0.2, -0.15) is 0 Å². The van der Waals surface area contributed by atoms with Crippen molar-refractivity contribution in [2.45, 2.75) is 45.6 Å². The summed E-state index contributed by atoms with van der Waals surface area (Å²) >= 11 is 0. The quantitative estimate of drug-likeness (QED) is 0.619. The largest absolute Gasteiger partial charge is 0.493 e. The Bertz CT molecular complexity index is 477. The molecular weight excluding hydrogens is 272 g/mol. The molecule has 0 aliphatic rings. The zero-order chi connectivity index (χ0) is 15.9. The molecule has 1 rings (SSSR count). The summed E-state index contributed by atoms with van der Waals surface area (Å²) in [4.78, 5) is 26.8. The molecule has 0 saturated heterocycles. The predicted molar refractivity (Wildman–Crippen MR) is 77.9 cm³/mol. The summed E-state index contributed by atoms with van der Waals surface area (Å²) in [6.07, 6.45) is 3.00. The summed E-state index contributed by atoms with van der Waals surface area (Å²) in [5.74, 6) is -0.597. The van der Waals surface area contributed by atoms with Gasteiger partial charge < -0.3 is 15.2 Å². The number of aromatic nitrogens is 1. The van der Waals surface area contributed by atoms with Crippen molar-refractivity contribution in [1.29, 1.82) is 0 Å². The van der Waals surface area contributed by atoms with E-state index in [4.69, 9.17) is 9.84 Å². The van der Waals surface area contributed by atoms with Crippen molar-refractivity contribution >= 4 is 11.9 Å². The molecule has 6 nitrogen and oxygen atoms in total. The Balaban J connectivity index is 2.18. The fraction of sp³-hybridized carbons (Fsp3) is 0.533. The highest BCUT2D eigenvalue weighted by Gasteiger charge is 2.15. The minimum Gasteiger partial charge on any atom is -0.493 e. The van der Waals surface area contributed by atoms with E-state index in [1.54, 1.807) is 0 Å². The van der Waals surface area contributed by atoms with Gasteiger partial charge in [-0.05, 0) is 39.7 Å². The third-order valence-electron chi connectivity index (χ3n) is 2.52. The van der Waals surface area contributed by atoms with Crippen LogP contribution in [0, 0.1) is 0 Å². The fourth-order valence-electron chi connectivity index (χ4n) is 1.61. The van der Waals surface area contributed by atoms with Crippen molar-refractivity contribution in [1.82, 2.24) is 10.3 Å². The molecule has 6 heteroatoms. The number of unbranched alkanes of at least 4 members (excludes halogenated alkanes) is 1. The maximum absolute atomic E-state index is 11.7. The Kier molecular flexibility index (Phi) is 6.14. The summed E-state index contributed by atoms with van der Waals surface area (Å²) in [7, 11) is 0. The van der Waals surface area contributed by atoms with Gasteiger partial charge in [-0.25, -0.2) is 4.98 Å². The molecule has 1 aromatic rings. The van der Waals surface area contributed by atoms with Crippen LogP contribution < -0.4 is 5.32 Å². The van der Waals surface area contributed by atoms with Crippen LogP contribution in [0.15, 0.2) is 18.3 Å². The van der Waals surface area contributed by atoms with Crippen molar-refractivity contribution in [2.75, 3.05) is 6.54 Å². The molecule has 2 N–H and O–H groups in total. The molecule has 1 aromatic heterocycles. The van der Waals surface area contributed by atoms with Crippen molar-refractivity contribution in [3.05, 3.63) is 23.9 Å². The van der Waals surface area contributed by atoms with Crippen molar-refractivity contribution in [2.24, 2.45) is 0 Å². The highest BCUT2D eigenvalue weighted by Crippen LogP contribution is 2.09. The molecule has 21 heavy (non-hydrogen) atoms. The molecule has 0 bridgehead atoms. The van der Waals surface area contributed by atoms with Gasteiger partial charge in [0.1, 0.15) is 5.60 Å². The van der Waals surface area contributed by atoms with Crippen LogP contribution in [-0.2, 0) is 9.53 Å². The predicted octanol–water partition coefficient (Wildman–Crippen LogP) is 2.03. The van der Waals surface area contributed by atoms with Crippen molar-refractivity contribution in [3.63, 3.8) is 0 Å². The average molecular weight is 294 g/mol. The molecule has 0 saturated carbocycles. The number of carbonyl (C=O) groups is 2. The minimum absolute atomic E-state index is 0.121. The van der Waals surface area contributed by atoms with E-state index in [0.717, 1.165) is 0 Å². The number of hydrogen-bond acceptors (Lipinski definition) is 5. The van der Waals surface area contributed by atoms with Crippen LogP contribution in [0.5, 0.6) is 5.88 Å². The van der Waals surface area contributed by atoms with E-state index < -0.39 is 5.60 Å². The lowest BCUT2D eigenvalue weighted by Crippen LogP contribution is -2.25. The molecule has 0 unspecified atom stereocenters. The molecule has 0 radical (unpaired) electrons. The van der Waals surface area contributed by atoms with Gasteiger partial charge in [-0.3, -0.25) is 9.59 Å². The van der Waals surface area contributed by atoms with Gasteiger partial charge >= 0.3 is 5.97 Å². The smallest absolute Gasteiger partial charge is 0.306 e. The first-order valence-corrected chi connectivity index (χ1v) is 6.93. The molecule has 1 heterocycles. The summed E-state index contributed by atoms with van der Waals surface area (Å²) < 4.78 is 5.19. The van der Waals surface area contributed by atoms with Crippen LogP contribution in [0.25, 0.3) is 0 Å². The molecule has 0 aliphatic heterocycles. The van der Waals surface area contributed by atoms with Gasteiger partial charge in [0.05, 0.1) is 5.56 Å². The highest BCUT2D eigenvalue weighted by molar-refractivity contribution is 5.93. The van der Waals surface area contributed by atoms with E-state index in [1.807, 2.05) is 20.8 Å². The Morgan fingerprint density at radius 2 is 2.00 bits per heavy atom. The normalized spacial score (nSPS) is 11.0. The highest BCUT2D eigenvalue weighted by atomic mass is 16.6. The molecule has 1 amide bonds. The third kappa shape index (κ3) is 7.29. The van der Waals surface area contributed by atoms with Crippen LogP contribution in [-0.4, -0.2) is 34.1 Å². The fourth-order valence-corrected chi connectivity index (χ4v) is 1.61. The third-order valence-corrected chi connectivity index (χ3v) is 2.52. The van der Waals surface area contributed by atoms with Crippen molar-refractivity contribution in [3.8, 4) is 5.88 Å². The molecule has 0 aromatic carbocycles. The number of esters is 1. The van der Waals surface area contributed by atoms with Gasteiger partial charge in [-0.1, -0.05) is 0 Å². The molecule has 0 spiro atoms. The van der Waals surface area contributed by atoms with Crippen LogP contribution >= 0.6 is 0 Å². The van der Waals surface area contributed by atoms with Gasteiger partial charge in [0, 0.05) is 25.2 Å². The first-order chi connectivity index (χ1) is 9.78. The second-order valence-corrected chi connectivity index (χ2v) is 5.70. The zero-order valence-electron chi connectivity index (χ0n) is 12.7. The number of pyridine rings is 1. The molecule has 0 fully saturated rings. The Morgan fingerprint density at radius 1 is 1.29 bits per heavy atom. The minimum atomic E-state index is -0.461. The first kappa shape index (κ1) is 16.9. The number of amides is 1. The zero-order valence-corrected chi connectivity index (χ0v) is 12.7. The van der Waals surface area contributed by atoms with Crippen molar-refractivity contribution < 1.29 is 19.4 Å². The standard InChI is InChI=1S/C15H22N2O4/c1-15(2,3)21-13(19)6-4-5-9-16-14(20)11-7-8-12(18)17-10-11/h7-8,10H,4-6,9H2,1-3H3,(H,16,20)(H,17,18). The number of ether oxygens (including phenoxy) is 1. The summed E-state index contributed by atoms with van der Waals surface area (Å²) in [5.41, 5.74) is -0.0723. The number of rotatable bonds is 6. The topological polar surface area (TPSA) is 88.5 Å². The molecule has 116 valence electrons. The van der Waals surface area contributed by atoms with E-state index in [1.165, 1.54) is 18.3 Å². The lowest BCUT2D eigenvalue weighted by atomic mass is 10.2. The average Bonchev–Trinajstić information content (AvgIpc) is 2.36. The molecule has 0 aliphatic carbocycles. The molecule has 0 atom stereocenters. The lowest BCUT2D eigenvalue weighted by Gasteiger charge is -2.19.